The van der Waals surface area contributed by atoms with Crippen LogP contribution in [0.25, 0.3) is 0 Å². The second kappa shape index (κ2) is 8.10. The van der Waals surface area contributed by atoms with Gasteiger partial charge in [0.1, 0.15) is 5.69 Å². The van der Waals surface area contributed by atoms with Gasteiger partial charge in [0.05, 0.1) is 6.04 Å². The molecule has 2 amide bonds. The Morgan fingerprint density at radius 2 is 1.82 bits per heavy atom. The van der Waals surface area contributed by atoms with E-state index in [0.29, 0.717) is 31.2 Å². The van der Waals surface area contributed by atoms with Crippen molar-refractivity contribution in [2.75, 3.05) is 13.1 Å². The Morgan fingerprint density at radius 1 is 1.11 bits per heavy atom. The highest BCUT2D eigenvalue weighted by molar-refractivity contribution is 5.92. The summed E-state index contributed by atoms with van der Waals surface area (Å²) in [5.74, 6) is -0.134. The summed E-state index contributed by atoms with van der Waals surface area (Å²) < 4.78 is 0. The van der Waals surface area contributed by atoms with Gasteiger partial charge in [-0.3, -0.25) is 19.5 Å². The number of nitrogens with one attached hydrogen (secondary N) is 2. The Bertz CT molecular complexity index is 830. The van der Waals surface area contributed by atoms with Crippen molar-refractivity contribution < 1.29 is 9.59 Å². The number of nitrogens with zero attached hydrogens (tertiary/aromatic N) is 2. The van der Waals surface area contributed by atoms with Gasteiger partial charge >= 0.3 is 0 Å². The third-order valence-electron chi connectivity index (χ3n) is 5.72. The van der Waals surface area contributed by atoms with Gasteiger partial charge in [-0.25, -0.2) is 0 Å². The monoisotopic (exact) mass is 378 g/mol. The van der Waals surface area contributed by atoms with Gasteiger partial charge in [-0.1, -0.05) is 30.3 Å². The van der Waals surface area contributed by atoms with E-state index in [0.717, 1.165) is 12.8 Å². The van der Waals surface area contributed by atoms with Crippen LogP contribution in [0.2, 0.25) is 0 Å². The molecule has 2 atom stereocenters. The summed E-state index contributed by atoms with van der Waals surface area (Å²) in [6, 6.07) is 13.8. The van der Waals surface area contributed by atoms with Gasteiger partial charge in [0.2, 0.25) is 5.91 Å². The van der Waals surface area contributed by atoms with Gasteiger partial charge in [0.15, 0.2) is 0 Å². The summed E-state index contributed by atoms with van der Waals surface area (Å²) in [5.41, 5.74) is 3.13. The van der Waals surface area contributed by atoms with Crippen LogP contribution in [0.5, 0.6) is 0 Å². The molecule has 2 aromatic rings. The molecule has 28 heavy (non-hydrogen) atoms. The van der Waals surface area contributed by atoms with Crippen molar-refractivity contribution in [2.24, 2.45) is 0 Å². The highest BCUT2D eigenvalue weighted by Gasteiger charge is 2.42. The maximum absolute atomic E-state index is 12.7. The molecule has 1 fully saturated rings. The van der Waals surface area contributed by atoms with E-state index in [-0.39, 0.29) is 23.9 Å². The standard InChI is InChI=1S/C22H26N4O2/c1-2-23-22(28)20-13-17(25-21(27)19-9-5-6-10-24-19)14-26(20)18-11-15-7-3-4-8-16(15)12-18/h3-10,17-18,20H,2,11-14H2,1H3,(H,23,28)(H,25,27)/t17-,20+/m1/s1. The molecule has 0 unspecified atom stereocenters. The van der Waals surface area contributed by atoms with Crippen molar-refractivity contribution in [3.63, 3.8) is 0 Å². The van der Waals surface area contributed by atoms with Gasteiger partial charge < -0.3 is 10.6 Å². The van der Waals surface area contributed by atoms with Crippen LogP contribution < -0.4 is 10.6 Å². The number of hydrogen-bond donors (Lipinski definition) is 2. The number of benzene rings is 1. The number of rotatable bonds is 5. The number of carbonyl (C=O) groups is 2. The van der Waals surface area contributed by atoms with Crippen LogP contribution in [0, 0.1) is 0 Å². The molecule has 0 radical (unpaired) electrons. The molecule has 6 heteroatoms. The molecule has 2 N–H and O–H groups in total. The lowest BCUT2D eigenvalue weighted by Crippen LogP contribution is -2.48. The fraction of sp³-hybridized carbons (Fsp3) is 0.409. The Balaban J connectivity index is 1.48. The third-order valence-corrected chi connectivity index (χ3v) is 5.72. The topological polar surface area (TPSA) is 74.3 Å². The van der Waals surface area contributed by atoms with E-state index in [1.165, 1.54) is 11.1 Å². The molecule has 146 valence electrons. The van der Waals surface area contributed by atoms with Gasteiger partial charge in [0.25, 0.3) is 5.91 Å². The quantitative estimate of drug-likeness (QED) is 0.828. The summed E-state index contributed by atoms with van der Waals surface area (Å²) in [4.78, 5) is 31.6. The zero-order valence-corrected chi connectivity index (χ0v) is 16.1. The number of fused-ring (bicyclic) bond motifs is 1. The molecule has 1 aromatic heterocycles. The molecule has 1 aliphatic carbocycles. The predicted octanol–water partition coefficient (Wildman–Crippen LogP) is 1.56. The summed E-state index contributed by atoms with van der Waals surface area (Å²) in [7, 11) is 0. The summed E-state index contributed by atoms with van der Waals surface area (Å²) in [5, 5.41) is 6.04. The molecule has 6 nitrogen and oxygen atoms in total. The van der Waals surface area contributed by atoms with Crippen molar-refractivity contribution in [1.29, 1.82) is 0 Å². The van der Waals surface area contributed by atoms with Crippen molar-refractivity contribution in [3.05, 3.63) is 65.5 Å². The second-order valence-electron chi connectivity index (χ2n) is 7.56. The first kappa shape index (κ1) is 18.6. The smallest absolute Gasteiger partial charge is 0.270 e. The average molecular weight is 378 g/mol. The maximum atomic E-state index is 12.7. The highest BCUT2D eigenvalue weighted by atomic mass is 16.2. The van der Waals surface area contributed by atoms with E-state index in [4.69, 9.17) is 0 Å². The lowest BCUT2D eigenvalue weighted by molar-refractivity contribution is -0.126. The fourth-order valence-electron chi connectivity index (χ4n) is 4.45. The number of amides is 2. The Hall–Kier alpha value is -2.73. The van der Waals surface area contributed by atoms with E-state index >= 15 is 0 Å². The van der Waals surface area contributed by atoms with Crippen LogP contribution >= 0.6 is 0 Å². The zero-order valence-electron chi connectivity index (χ0n) is 16.1. The lowest BCUT2D eigenvalue weighted by Gasteiger charge is -2.29. The molecule has 2 heterocycles. The number of likely N-dealkylation sites (N-methyl/N-ethyl adjacent to an activating group) is 1. The highest BCUT2D eigenvalue weighted by Crippen LogP contribution is 2.30. The zero-order chi connectivity index (χ0) is 19.5. The van der Waals surface area contributed by atoms with Crippen molar-refractivity contribution in [1.82, 2.24) is 20.5 Å². The number of hydrogen-bond acceptors (Lipinski definition) is 4. The minimum absolute atomic E-state index is 0.0491. The van der Waals surface area contributed by atoms with Gasteiger partial charge in [-0.2, -0.15) is 0 Å². The summed E-state index contributed by atoms with van der Waals surface area (Å²) >= 11 is 0. The normalized spacial score (nSPS) is 22.0. The Morgan fingerprint density at radius 3 is 2.46 bits per heavy atom. The number of likely N-dealkylation sites (tertiary alicyclic amines) is 1. The van der Waals surface area contributed by atoms with Crippen molar-refractivity contribution in [2.45, 2.75) is 44.3 Å². The average Bonchev–Trinajstić information content (AvgIpc) is 3.32. The minimum Gasteiger partial charge on any atom is -0.355 e. The van der Waals surface area contributed by atoms with Gasteiger partial charge in [0, 0.05) is 31.4 Å². The van der Waals surface area contributed by atoms with E-state index in [2.05, 4.69) is 44.8 Å². The fourth-order valence-corrected chi connectivity index (χ4v) is 4.45. The van der Waals surface area contributed by atoms with Crippen molar-refractivity contribution in [3.8, 4) is 0 Å². The van der Waals surface area contributed by atoms with Crippen molar-refractivity contribution >= 4 is 11.8 Å². The molecular formula is C22H26N4O2. The van der Waals surface area contributed by atoms with E-state index < -0.39 is 0 Å². The van der Waals surface area contributed by atoms with Crippen LogP contribution in [-0.2, 0) is 17.6 Å². The molecule has 2 aliphatic rings. The molecule has 1 aliphatic heterocycles. The Labute approximate surface area is 165 Å². The Kier molecular flexibility index (Phi) is 5.39. The molecule has 0 bridgehead atoms. The lowest BCUT2D eigenvalue weighted by atomic mass is 10.1. The molecule has 0 spiro atoms. The first-order valence-electron chi connectivity index (χ1n) is 9.98. The molecule has 4 rings (SSSR count). The largest absolute Gasteiger partial charge is 0.355 e. The van der Waals surface area contributed by atoms with Crippen LogP contribution in [-0.4, -0.2) is 52.9 Å². The first-order valence-corrected chi connectivity index (χ1v) is 9.98. The first-order chi connectivity index (χ1) is 13.7. The van der Waals surface area contributed by atoms with E-state index in [9.17, 15) is 9.59 Å². The maximum Gasteiger partial charge on any atom is 0.270 e. The van der Waals surface area contributed by atoms with Crippen LogP contribution in [0.1, 0.15) is 35.0 Å². The molecule has 0 saturated carbocycles. The number of pyridine rings is 1. The van der Waals surface area contributed by atoms with E-state index in [1.807, 2.05) is 6.92 Å². The van der Waals surface area contributed by atoms with Gasteiger partial charge in [-0.15, -0.1) is 0 Å². The third kappa shape index (κ3) is 3.78. The second-order valence-corrected chi connectivity index (χ2v) is 7.56. The summed E-state index contributed by atoms with van der Waals surface area (Å²) in [6.45, 7) is 3.22. The SMILES string of the molecule is CCNC(=O)[C@@H]1C[C@@H](NC(=O)c2ccccn2)CN1C1Cc2ccccc2C1. The minimum atomic E-state index is -0.215. The predicted molar refractivity (Wildman–Crippen MR) is 107 cm³/mol. The van der Waals surface area contributed by atoms with Crippen LogP contribution in [0.3, 0.4) is 0 Å². The molecular weight excluding hydrogens is 352 g/mol. The summed E-state index contributed by atoms with van der Waals surface area (Å²) in [6.07, 6.45) is 4.14. The van der Waals surface area contributed by atoms with Crippen LogP contribution in [0.15, 0.2) is 48.7 Å². The molecule has 1 saturated heterocycles. The number of carbonyl (C=O) groups excluding carboxylic acids is 2. The van der Waals surface area contributed by atoms with Gasteiger partial charge in [-0.05, 0) is 49.4 Å². The van der Waals surface area contributed by atoms with Crippen LogP contribution in [0.4, 0.5) is 0 Å². The van der Waals surface area contributed by atoms with E-state index in [1.54, 1.807) is 24.4 Å². The number of aromatic nitrogens is 1. The molecule has 1 aromatic carbocycles.